The zero-order valence-corrected chi connectivity index (χ0v) is 10.8. The Kier molecular flexibility index (Phi) is 3.57. The molecule has 0 fully saturated rings. The molecule has 16 heavy (non-hydrogen) atoms. The Labute approximate surface area is 102 Å². The second-order valence-electron chi connectivity index (χ2n) is 3.38. The Hall–Kier alpha value is -0.920. The van der Waals surface area contributed by atoms with Crippen LogP contribution in [0.3, 0.4) is 0 Å². The second-order valence-corrected chi connectivity index (χ2v) is 6.01. The van der Waals surface area contributed by atoms with Gasteiger partial charge in [-0.1, -0.05) is 23.1 Å². The Bertz CT molecular complexity index is 464. The predicted molar refractivity (Wildman–Crippen MR) is 65.5 cm³/mol. The Balaban J connectivity index is 2.12. The van der Waals surface area contributed by atoms with Crippen LogP contribution in [-0.2, 0) is 7.05 Å². The van der Waals surface area contributed by atoms with E-state index in [2.05, 4.69) is 15.3 Å². The highest BCUT2D eigenvalue weighted by atomic mass is 32.2. The third-order valence-corrected chi connectivity index (χ3v) is 4.27. The van der Waals surface area contributed by atoms with Gasteiger partial charge in [-0.05, 0) is 6.92 Å². The molecule has 2 aromatic heterocycles. The van der Waals surface area contributed by atoms with Crippen molar-refractivity contribution in [2.75, 3.05) is 6.54 Å². The fraction of sp³-hybridized carbons (Fsp3) is 0.444. The molecule has 0 aliphatic rings. The molecule has 0 radical (unpaired) electrons. The summed E-state index contributed by atoms with van der Waals surface area (Å²) in [4.78, 5) is 0. The van der Waals surface area contributed by atoms with Gasteiger partial charge < -0.3 is 5.73 Å². The van der Waals surface area contributed by atoms with Crippen molar-refractivity contribution in [2.24, 2.45) is 12.8 Å². The Morgan fingerprint density at radius 3 is 2.88 bits per heavy atom. The molecule has 1 unspecified atom stereocenters. The number of nitrogens with two attached hydrogens (primary N) is 1. The summed E-state index contributed by atoms with van der Waals surface area (Å²) < 4.78 is 2.74. The number of hydrogen-bond acceptors (Lipinski definition) is 6. The van der Waals surface area contributed by atoms with Crippen LogP contribution in [0.25, 0.3) is 0 Å². The van der Waals surface area contributed by atoms with Crippen molar-refractivity contribution in [2.45, 2.75) is 16.5 Å². The summed E-state index contributed by atoms with van der Waals surface area (Å²) >= 11 is 3.23. The topological polar surface area (TPSA) is 69.6 Å². The van der Waals surface area contributed by atoms with Crippen LogP contribution in [0.2, 0.25) is 0 Å². The van der Waals surface area contributed by atoms with Crippen molar-refractivity contribution in [3.8, 4) is 0 Å². The van der Waals surface area contributed by atoms with Gasteiger partial charge in [0.1, 0.15) is 5.01 Å². The molecule has 2 N–H and O–H groups in total. The first kappa shape index (κ1) is 11.6. The fourth-order valence-corrected chi connectivity index (χ4v) is 3.31. The average molecular weight is 255 g/mol. The Morgan fingerprint density at radius 2 is 2.38 bits per heavy atom. The normalized spacial score (nSPS) is 12.9. The summed E-state index contributed by atoms with van der Waals surface area (Å²) in [6.45, 7) is 2.51. The lowest BCUT2D eigenvalue weighted by molar-refractivity contribution is 0.766. The molecule has 1 atom stereocenters. The molecule has 0 aliphatic heterocycles. The van der Waals surface area contributed by atoms with E-state index in [-0.39, 0.29) is 5.25 Å². The minimum absolute atomic E-state index is 0.195. The van der Waals surface area contributed by atoms with Crippen LogP contribution in [-0.4, -0.2) is 26.5 Å². The highest BCUT2D eigenvalue weighted by Crippen LogP contribution is 2.35. The van der Waals surface area contributed by atoms with E-state index in [1.165, 1.54) is 0 Å². The van der Waals surface area contributed by atoms with Gasteiger partial charge in [0, 0.05) is 25.4 Å². The summed E-state index contributed by atoms with van der Waals surface area (Å²) in [7, 11) is 1.90. The summed E-state index contributed by atoms with van der Waals surface area (Å²) in [6.07, 6.45) is 3.83. The maximum absolute atomic E-state index is 5.77. The van der Waals surface area contributed by atoms with E-state index < -0.39 is 0 Å². The number of hydrogen-bond donors (Lipinski definition) is 1. The SMILES string of the molecule is Cc1nnc(SC(CN)c2cnn(C)c2)s1. The van der Waals surface area contributed by atoms with Crippen LogP contribution in [0.5, 0.6) is 0 Å². The van der Waals surface area contributed by atoms with Gasteiger partial charge >= 0.3 is 0 Å². The molecule has 2 aromatic rings. The molecule has 5 nitrogen and oxygen atoms in total. The third-order valence-electron chi connectivity index (χ3n) is 2.06. The minimum atomic E-state index is 0.195. The highest BCUT2D eigenvalue weighted by Gasteiger charge is 2.15. The van der Waals surface area contributed by atoms with Gasteiger partial charge in [-0.15, -0.1) is 10.2 Å². The number of thioether (sulfide) groups is 1. The van der Waals surface area contributed by atoms with E-state index in [4.69, 9.17) is 5.73 Å². The van der Waals surface area contributed by atoms with E-state index in [1.807, 2.05) is 26.4 Å². The smallest absolute Gasteiger partial charge is 0.174 e. The molecule has 2 heterocycles. The first-order chi connectivity index (χ1) is 7.69. The van der Waals surface area contributed by atoms with Crippen molar-refractivity contribution < 1.29 is 0 Å². The molecule has 0 aliphatic carbocycles. The van der Waals surface area contributed by atoms with Crippen LogP contribution in [0, 0.1) is 6.92 Å². The molecule has 0 saturated heterocycles. The van der Waals surface area contributed by atoms with Crippen molar-refractivity contribution in [3.05, 3.63) is 23.0 Å². The van der Waals surface area contributed by atoms with Gasteiger partial charge in [0.25, 0.3) is 0 Å². The summed E-state index contributed by atoms with van der Waals surface area (Å²) in [5.74, 6) is 0. The van der Waals surface area contributed by atoms with Gasteiger partial charge in [-0.25, -0.2) is 0 Å². The van der Waals surface area contributed by atoms with E-state index in [0.717, 1.165) is 14.9 Å². The maximum Gasteiger partial charge on any atom is 0.174 e. The molecule has 0 spiro atoms. The van der Waals surface area contributed by atoms with Gasteiger partial charge in [0.15, 0.2) is 4.34 Å². The molecular weight excluding hydrogens is 242 g/mol. The maximum atomic E-state index is 5.77. The largest absolute Gasteiger partial charge is 0.329 e. The van der Waals surface area contributed by atoms with Crippen molar-refractivity contribution in [3.63, 3.8) is 0 Å². The van der Waals surface area contributed by atoms with Crippen LogP contribution in [0.1, 0.15) is 15.8 Å². The minimum Gasteiger partial charge on any atom is -0.329 e. The molecular formula is C9H13N5S2. The van der Waals surface area contributed by atoms with Crippen LogP contribution >= 0.6 is 23.1 Å². The van der Waals surface area contributed by atoms with E-state index in [9.17, 15) is 0 Å². The van der Waals surface area contributed by atoms with Gasteiger partial charge in [-0.3, -0.25) is 4.68 Å². The van der Waals surface area contributed by atoms with Gasteiger partial charge in [0.2, 0.25) is 0 Å². The fourth-order valence-electron chi connectivity index (χ4n) is 1.31. The highest BCUT2D eigenvalue weighted by molar-refractivity contribution is 8.01. The van der Waals surface area contributed by atoms with Gasteiger partial charge in [-0.2, -0.15) is 5.10 Å². The van der Waals surface area contributed by atoms with E-state index >= 15 is 0 Å². The zero-order chi connectivity index (χ0) is 11.5. The number of aromatic nitrogens is 4. The first-order valence-electron chi connectivity index (χ1n) is 4.84. The quantitative estimate of drug-likeness (QED) is 0.836. The van der Waals surface area contributed by atoms with E-state index in [1.54, 1.807) is 27.8 Å². The second kappa shape index (κ2) is 4.94. The van der Waals surface area contributed by atoms with Crippen molar-refractivity contribution in [1.82, 2.24) is 20.0 Å². The molecule has 86 valence electrons. The Morgan fingerprint density at radius 1 is 1.56 bits per heavy atom. The lowest BCUT2D eigenvalue weighted by Crippen LogP contribution is -2.08. The van der Waals surface area contributed by atoms with Gasteiger partial charge in [0.05, 0.1) is 11.4 Å². The molecule has 0 amide bonds. The zero-order valence-electron chi connectivity index (χ0n) is 9.12. The van der Waals surface area contributed by atoms with Crippen molar-refractivity contribution in [1.29, 1.82) is 0 Å². The molecule has 0 saturated carbocycles. The molecule has 2 rings (SSSR count). The third kappa shape index (κ3) is 2.60. The molecule has 7 heteroatoms. The summed E-state index contributed by atoms with van der Waals surface area (Å²) in [6, 6.07) is 0. The monoisotopic (exact) mass is 255 g/mol. The van der Waals surface area contributed by atoms with Crippen LogP contribution < -0.4 is 5.73 Å². The lowest BCUT2D eigenvalue weighted by Gasteiger charge is -2.09. The summed E-state index contributed by atoms with van der Waals surface area (Å²) in [5, 5.41) is 13.4. The predicted octanol–water partition coefficient (Wildman–Crippen LogP) is 1.37. The first-order valence-corrected chi connectivity index (χ1v) is 6.54. The molecule has 0 aromatic carbocycles. The van der Waals surface area contributed by atoms with E-state index in [0.29, 0.717) is 6.54 Å². The molecule has 0 bridgehead atoms. The lowest BCUT2D eigenvalue weighted by atomic mass is 10.2. The summed E-state index contributed by atoms with van der Waals surface area (Å²) in [5.41, 5.74) is 6.89. The number of rotatable bonds is 4. The standard InChI is InChI=1S/C9H13N5S2/c1-6-12-13-9(15-6)16-8(3-10)7-4-11-14(2)5-7/h4-5,8H,3,10H2,1-2H3. The van der Waals surface area contributed by atoms with Crippen molar-refractivity contribution >= 4 is 23.1 Å². The van der Waals surface area contributed by atoms with Crippen LogP contribution in [0.4, 0.5) is 0 Å². The number of aryl methyl sites for hydroxylation is 2. The van der Waals surface area contributed by atoms with Crippen LogP contribution in [0.15, 0.2) is 16.7 Å². The average Bonchev–Trinajstić information content (AvgIpc) is 2.84. The number of nitrogens with zero attached hydrogens (tertiary/aromatic N) is 4.